The average molecular weight is 275 g/mol. The van der Waals surface area contributed by atoms with E-state index >= 15 is 0 Å². The molecule has 2 rings (SSSR count). The third kappa shape index (κ3) is 3.84. The number of benzene rings is 1. The van der Waals surface area contributed by atoms with Gasteiger partial charge >= 0.3 is 5.97 Å². The number of carbonyl (C=O) groups is 1. The number of morpholine rings is 1. The summed E-state index contributed by atoms with van der Waals surface area (Å²) in [5, 5.41) is 8.61. The molecule has 1 aliphatic rings. The molecule has 1 heterocycles. The maximum absolute atomic E-state index is 10.5. The van der Waals surface area contributed by atoms with Crippen LogP contribution in [0.4, 0.5) is 5.69 Å². The molecule has 1 aromatic rings. The van der Waals surface area contributed by atoms with Gasteiger partial charge < -0.3 is 14.7 Å². The molecule has 0 radical (unpaired) electrons. The van der Waals surface area contributed by atoms with Crippen molar-refractivity contribution in [3.63, 3.8) is 0 Å². The molecule has 0 bridgehead atoms. The summed E-state index contributed by atoms with van der Waals surface area (Å²) in [7, 11) is 0. The SMILES string of the molecule is CC1CN(c2ccc(C=CC(=O)O)cc2)CC(C)(C)O1. The number of rotatable bonds is 3. The van der Waals surface area contributed by atoms with Gasteiger partial charge in [-0.3, -0.25) is 0 Å². The molecule has 1 aliphatic heterocycles. The number of nitrogens with zero attached hydrogens (tertiary/aromatic N) is 1. The average Bonchev–Trinajstić information content (AvgIpc) is 2.34. The third-order valence-corrected chi connectivity index (χ3v) is 3.25. The van der Waals surface area contributed by atoms with Crippen molar-refractivity contribution < 1.29 is 14.6 Å². The zero-order chi connectivity index (χ0) is 14.8. The fourth-order valence-corrected chi connectivity index (χ4v) is 2.61. The van der Waals surface area contributed by atoms with Gasteiger partial charge in [0.2, 0.25) is 0 Å². The minimum absolute atomic E-state index is 0.153. The molecule has 1 N–H and O–H groups in total. The van der Waals surface area contributed by atoms with E-state index in [9.17, 15) is 4.79 Å². The summed E-state index contributed by atoms with van der Waals surface area (Å²) in [5.74, 6) is -0.933. The minimum atomic E-state index is -0.933. The molecule has 4 heteroatoms. The van der Waals surface area contributed by atoms with Crippen molar-refractivity contribution in [2.75, 3.05) is 18.0 Å². The Labute approximate surface area is 119 Å². The molecule has 1 fully saturated rings. The van der Waals surface area contributed by atoms with Gasteiger partial charge in [-0.15, -0.1) is 0 Å². The lowest BCUT2D eigenvalue weighted by atomic mass is 10.0. The highest BCUT2D eigenvalue weighted by Gasteiger charge is 2.31. The van der Waals surface area contributed by atoms with Crippen molar-refractivity contribution >= 4 is 17.7 Å². The van der Waals surface area contributed by atoms with E-state index in [4.69, 9.17) is 9.84 Å². The number of carboxylic acid groups (broad SMARTS) is 1. The van der Waals surface area contributed by atoms with Crippen molar-refractivity contribution in [1.82, 2.24) is 0 Å². The quantitative estimate of drug-likeness (QED) is 0.862. The van der Waals surface area contributed by atoms with E-state index in [2.05, 4.69) is 25.7 Å². The summed E-state index contributed by atoms with van der Waals surface area (Å²) in [6.45, 7) is 7.99. The van der Waals surface area contributed by atoms with E-state index in [0.29, 0.717) is 0 Å². The van der Waals surface area contributed by atoms with Gasteiger partial charge in [-0.25, -0.2) is 4.79 Å². The third-order valence-electron chi connectivity index (χ3n) is 3.25. The Morgan fingerprint density at radius 3 is 2.60 bits per heavy atom. The highest BCUT2D eigenvalue weighted by Crippen LogP contribution is 2.26. The highest BCUT2D eigenvalue weighted by atomic mass is 16.5. The van der Waals surface area contributed by atoms with Gasteiger partial charge in [-0.1, -0.05) is 12.1 Å². The maximum atomic E-state index is 10.5. The Morgan fingerprint density at radius 1 is 1.40 bits per heavy atom. The van der Waals surface area contributed by atoms with Crippen LogP contribution >= 0.6 is 0 Å². The Kier molecular flexibility index (Phi) is 4.14. The van der Waals surface area contributed by atoms with Crippen molar-refractivity contribution in [3.05, 3.63) is 35.9 Å². The summed E-state index contributed by atoms with van der Waals surface area (Å²) in [5.41, 5.74) is 1.87. The molecule has 1 saturated heterocycles. The van der Waals surface area contributed by atoms with Gasteiger partial charge in [0.25, 0.3) is 0 Å². The van der Waals surface area contributed by atoms with E-state index in [0.717, 1.165) is 30.4 Å². The highest BCUT2D eigenvalue weighted by molar-refractivity contribution is 5.85. The normalized spacial score (nSPS) is 22.1. The first kappa shape index (κ1) is 14.6. The fraction of sp³-hybridized carbons (Fsp3) is 0.438. The van der Waals surface area contributed by atoms with Crippen LogP contribution in [0, 0.1) is 0 Å². The fourth-order valence-electron chi connectivity index (χ4n) is 2.61. The van der Waals surface area contributed by atoms with Crippen molar-refractivity contribution in [2.24, 2.45) is 0 Å². The van der Waals surface area contributed by atoms with Gasteiger partial charge in [0.1, 0.15) is 0 Å². The van der Waals surface area contributed by atoms with E-state index in [1.807, 2.05) is 24.3 Å². The molecule has 0 spiro atoms. The molecule has 0 aliphatic carbocycles. The maximum Gasteiger partial charge on any atom is 0.328 e. The summed E-state index contributed by atoms with van der Waals surface area (Å²) >= 11 is 0. The summed E-state index contributed by atoms with van der Waals surface area (Å²) in [6.07, 6.45) is 2.94. The lowest BCUT2D eigenvalue weighted by Gasteiger charge is -2.43. The van der Waals surface area contributed by atoms with Gasteiger partial charge in [0, 0.05) is 24.9 Å². The second-order valence-corrected chi connectivity index (χ2v) is 5.83. The molecule has 1 aromatic carbocycles. The van der Waals surface area contributed by atoms with Crippen LogP contribution in [0.5, 0.6) is 0 Å². The number of carboxylic acids is 1. The molecule has 1 atom stereocenters. The van der Waals surface area contributed by atoms with Crippen LogP contribution in [0.1, 0.15) is 26.3 Å². The summed E-state index contributed by atoms with van der Waals surface area (Å²) in [6, 6.07) is 7.91. The van der Waals surface area contributed by atoms with Crippen LogP contribution in [0.25, 0.3) is 6.08 Å². The molecule has 0 amide bonds. The van der Waals surface area contributed by atoms with Crippen molar-refractivity contribution in [2.45, 2.75) is 32.5 Å². The van der Waals surface area contributed by atoms with Crippen LogP contribution in [-0.4, -0.2) is 35.9 Å². The standard InChI is InChI=1S/C16H21NO3/c1-12-10-17(11-16(2,3)20-12)14-7-4-13(5-8-14)6-9-15(18)19/h4-9,12H,10-11H2,1-3H3,(H,18,19). The predicted molar refractivity (Wildman–Crippen MR) is 80.0 cm³/mol. The van der Waals surface area contributed by atoms with Gasteiger partial charge in [0.15, 0.2) is 0 Å². The molecule has 108 valence electrons. The second-order valence-electron chi connectivity index (χ2n) is 5.83. The van der Waals surface area contributed by atoms with Gasteiger partial charge in [-0.2, -0.15) is 0 Å². The Morgan fingerprint density at radius 2 is 2.05 bits per heavy atom. The molecule has 1 unspecified atom stereocenters. The predicted octanol–water partition coefficient (Wildman–Crippen LogP) is 2.79. The molecule has 4 nitrogen and oxygen atoms in total. The number of hydrogen-bond acceptors (Lipinski definition) is 3. The van der Waals surface area contributed by atoms with E-state index in [1.165, 1.54) is 0 Å². The van der Waals surface area contributed by atoms with Crippen LogP contribution in [0.15, 0.2) is 30.3 Å². The van der Waals surface area contributed by atoms with Gasteiger partial charge in [-0.05, 0) is 44.5 Å². The lowest BCUT2D eigenvalue weighted by Crippen LogP contribution is -2.52. The van der Waals surface area contributed by atoms with E-state index < -0.39 is 5.97 Å². The summed E-state index contributed by atoms with van der Waals surface area (Å²) in [4.78, 5) is 12.8. The molecule has 0 saturated carbocycles. The van der Waals surface area contributed by atoms with E-state index in [-0.39, 0.29) is 11.7 Å². The molecular formula is C16H21NO3. The first-order valence-electron chi connectivity index (χ1n) is 6.79. The van der Waals surface area contributed by atoms with Crippen LogP contribution in [0.3, 0.4) is 0 Å². The largest absolute Gasteiger partial charge is 0.478 e. The first-order chi connectivity index (χ1) is 9.35. The van der Waals surface area contributed by atoms with Gasteiger partial charge in [0.05, 0.1) is 11.7 Å². The van der Waals surface area contributed by atoms with Crippen molar-refractivity contribution in [1.29, 1.82) is 0 Å². The molecular weight excluding hydrogens is 254 g/mol. The van der Waals surface area contributed by atoms with Crippen LogP contribution in [0.2, 0.25) is 0 Å². The van der Waals surface area contributed by atoms with Crippen molar-refractivity contribution in [3.8, 4) is 0 Å². The molecule has 20 heavy (non-hydrogen) atoms. The number of anilines is 1. The Bertz CT molecular complexity index is 505. The number of aliphatic carboxylic acids is 1. The second kappa shape index (κ2) is 5.67. The number of ether oxygens (including phenoxy) is 1. The first-order valence-corrected chi connectivity index (χ1v) is 6.79. The Hall–Kier alpha value is -1.81. The Balaban J connectivity index is 2.11. The zero-order valence-electron chi connectivity index (χ0n) is 12.2. The van der Waals surface area contributed by atoms with Crippen LogP contribution in [-0.2, 0) is 9.53 Å². The van der Waals surface area contributed by atoms with E-state index in [1.54, 1.807) is 6.08 Å². The molecule has 0 aromatic heterocycles. The van der Waals surface area contributed by atoms with Crippen LogP contribution < -0.4 is 4.90 Å². The zero-order valence-corrected chi connectivity index (χ0v) is 12.2. The monoisotopic (exact) mass is 275 g/mol. The smallest absolute Gasteiger partial charge is 0.328 e. The topological polar surface area (TPSA) is 49.8 Å². The lowest BCUT2D eigenvalue weighted by molar-refractivity contribution is -0.131. The summed E-state index contributed by atoms with van der Waals surface area (Å²) < 4.78 is 5.90. The minimum Gasteiger partial charge on any atom is -0.478 e. The number of hydrogen-bond donors (Lipinski definition) is 1.